The van der Waals surface area contributed by atoms with E-state index in [-0.39, 0.29) is 23.9 Å². The molecule has 3 aromatic heterocycles. The van der Waals surface area contributed by atoms with Crippen molar-refractivity contribution < 1.29 is 14.3 Å². The summed E-state index contributed by atoms with van der Waals surface area (Å²) in [6.07, 6.45) is 9.54. The van der Waals surface area contributed by atoms with Gasteiger partial charge in [0.05, 0.1) is 30.4 Å². The van der Waals surface area contributed by atoms with Crippen LogP contribution in [-0.4, -0.2) is 61.3 Å². The Morgan fingerprint density at radius 2 is 2.03 bits per heavy atom. The number of fused-ring (bicyclic) bond motifs is 2. The maximum Gasteiger partial charge on any atom is 0.260 e. The van der Waals surface area contributed by atoms with Gasteiger partial charge in [-0.05, 0) is 43.9 Å². The summed E-state index contributed by atoms with van der Waals surface area (Å²) < 4.78 is 9.09. The Bertz CT molecular complexity index is 1380. The zero-order valence-corrected chi connectivity index (χ0v) is 20.1. The van der Waals surface area contributed by atoms with Crippen molar-refractivity contribution in [2.75, 3.05) is 19.5 Å². The smallest absolute Gasteiger partial charge is 0.260 e. The van der Waals surface area contributed by atoms with Crippen LogP contribution in [0.5, 0.6) is 5.75 Å². The normalized spacial score (nSPS) is 18.0. The van der Waals surface area contributed by atoms with Crippen molar-refractivity contribution >= 4 is 34.2 Å². The van der Waals surface area contributed by atoms with Crippen molar-refractivity contribution in [3.8, 4) is 5.75 Å². The molecule has 1 saturated carbocycles. The molecule has 1 aromatic carbocycles. The van der Waals surface area contributed by atoms with Crippen LogP contribution in [0.25, 0.3) is 16.6 Å². The molecule has 182 valence electrons. The highest BCUT2D eigenvalue weighted by atomic mass is 16.5. The van der Waals surface area contributed by atoms with Gasteiger partial charge >= 0.3 is 0 Å². The van der Waals surface area contributed by atoms with E-state index in [1.807, 2.05) is 41.9 Å². The van der Waals surface area contributed by atoms with E-state index in [0.29, 0.717) is 29.2 Å². The number of benzene rings is 1. The Morgan fingerprint density at radius 3 is 2.77 bits per heavy atom. The molecule has 0 aliphatic heterocycles. The number of nitrogens with zero attached hydrogens (tertiary/aromatic N) is 6. The predicted octanol–water partition coefficient (Wildman–Crippen LogP) is 3.69. The molecule has 1 aliphatic rings. The quantitative estimate of drug-likeness (QED) is 0.456. The summed E-state index contributed by atoms with van der Waals surface area (Å²) in [4.78, 5) is 31.4. The van der Waals surface area contributed by atoms with Gasteiger partial charge in [-0.3, -0.25) is 14.3 Å². The maximum atomic E-state index is 13.1. The summed E-state index contributed by atoms with van der Waals surface area (Å²) in [5, 5.41) is 12.8. The van der Waals surface area contributed by atoms with Crippen molar-refractivity contribution in [1.29, 1.82) is 0 Å². The minimum Gasteiger partial charge on any atom is -0.496 e. The van der Waals surface area contributed by atoms with E-state index in [0.717, 1.165) is 36.6 Å². The number of anilines is 1. The van der Waals surface area contributed by atoms with Gasteiger partial charge in [0.15, 0.2) is 11.5 Å². The Labute approximate surface area is 202 Å². The Kier molecular flexibility index (Phi) is 6.10. The van der Waals surface area contributed by atoms with Gasteiger partial charge in [0.2, 0.25) is 5.91 Å². The molecule has 0 atom stereocenters. The van der Waals surface area contributed by atoms with E-state index in [9.17, 15) is 9.59 Å². The summed E-state index contributed by atoms with van der Waals surface area (Å²) in [5.41, 5.74) is 1.83. The second-order valence-corrected chi connectivity index (χ2v) is 8.93. The van der Waals surface area contributed by atoms with Crippen LogP contribution in [0.2, 0.25) is 0 Å². The topological polar surface area (TPSA) is 107 Å². The van der Waals surface area contributed by atoms with Crippen LogP contribution in [0.1, 0.15) is 55.4 Å². The van der Waals surface area contributed by atoms with E-state index in [4.69, 9.17) is 9.84 Å². The maximum absolute atomic E-state index is 13.1. The fraction of sp³-hybridized carbons (Fsp3) is 0.400. The summed E-state index contributed by atoms with van der Waals surface area (Å²) in [7, 11) is 3.45. The molecule has 0 saturated heterocycles. The van der Waals surface area contributed by atoms with Gasteiger partial charge in [-0.2, -0.15) is 14.7 Å². The third-order valence-electron chi connectivity index (χ3n) is 6.89. The molecule has 0 unspecified atom stereocenters. The lowest BCUT2D eigenvalue weighted by atomic mass is 9.90. The largest absolute Gasteiger partial charge is 0.496 e. The minimum atomic E-state index is -0.312. The second kappa shape index (κ2) is 9.36. The highest BCUT2D eigenvalue weighted by Crippen LogP contribution is 2.33. The molecular formula is C25H29N7O3. The Hall–Kier alpha value is -3.95. The Balaban J connectivity index is 1.36. The van der Waals surface area contributed by atoms with Crippen molar-refractivity contribution in [2.24, 2.45) is 0 Å². The molecule has 0 spiro atoms. The monoisotopic (exact) mass is 475 g/mol. The zero-order valence-electron chi connectivity index (χ0n) is 20.1. The molecule has 0 bridgehead atoms. The predicted molar refractivity (Wildman–Crippen MR) is 132 cm³/mol. The van der Waals surface area contributed by atoms with Crippen LogP contribution in [0.4, 0.5) is 5.82 Å². The number of ether oxygens (including phenoxy) is 1. The lowest BCUT2D eigenvalue weighted by Crippen LogP contribution is -2.39. The lowest BCUT2D eigenvalue weighted by Gasteiger charge is -2.34. The molecule has 10 heteroatoms. The summed E-state index contributed by atoms with van der Waals surface area (Å²) >= 11 is 0. The first kappa shape index (κ1) is 22.8. The van der Waals surface area contributed by atoms with Crippen molar-refractivity contribution in [1.82, 2.24) is 29.3 Å². The molecule has 1 N–H and O–H groups in total. The second-order valence-electron chi connectivity index (χ2n) is 8.93. The van der Waals surface area contributed by atoms with Crippen LogP contribution in [-0.2, 0) is 4.79 Å². The summed E-state index contributed by atoms with van der Waals surface area (Å²) in [5.74, 6) is 0.807. The first-order valence-corrected chi connectivity index (χ1v) is 11.9. The third kappa shape index (κ3) is 4.31. The molecule has 2 amide bonds. The number of aromatic nitrogens is 5. The number of nitrogens with one attached hydrogen (secondary N) is 1. The number of hydrogen-bond donors (Lipinski definition) is 1. The van der Waals surface area contributed by atoms with Crippen LogP contribution in [0.15, 0.2) is 42.9 Å². The molecule has 0 radical (unpaired) electrons. The number of carbonyl (C=O) groups is 2. The number of methoxy groups -OCH3 is 1. The Morgan fingerprint density at radius 1 is 1.23 bits per heavy atom. The van der Waals surface area contributed by atoms with E-state index >= 15 is 0 Å². The van der Waals surface area contributed by atoms with Crippen LogP contribution < -0.4 is 10.1 Å². The average molecular weight is 476 g/mol. The molecule has 1 fully saturated rings. The van der Waals surface area contributed by atoms with E-state index in [1.54, 1.807) is 36.2 Å². The standard InChI is InChI=1S/C25H29N7O3/c1-4-24(33)30(2)17-7-9-18(10-8-17)31-15-16-12-19(21(35-3)13-20(16)29-31)25(34)28-23-14-26-22-6-5-11-27-32(22)23/h5-6,11-15,17-18H,4,7-10H2,1-3H3,(H,28,34). The number of carbonyl (C=O) groups excluding carboxylic acids is 2. The SMILES string of the molecule is CCC(=O)N(C)C1CCC(n2cc3cc(C(=O)Nc4cnc5cccnn45)c(OC)cc3n2)CC1. The molecule has 4 aromatic rings. The van der Waals surface area contributed by atoms with E-state index < -0.39 is 0 Å². The molecular weight excluding hydrogens is 446 g/mol. The minimum absolute atomic E-state index is 0.191. The molecule has 3 heterocycles. The number of rotatable bonds is 6. The van der Waals surface area contributed by atoms with Crippen molar-refractivity contribution in [2.45, 2.75) is 51.1 Å². The highest BCUT2D eigenvalue weighted by Gasteiger charge is 2.27. The number of hydrogen-bond acceptors (Lipinski definition) is 6. The van der Waals surface area contributed by atoms with Crippen molar-refractivity contribution in [3.63, 3.8) is 0 Å². The van der Waals surface area contributed by atoms with E-state index in [1.165, 1.54) is 0 Å². The first-order valence-electron chi connectivity index (χ1n) is 11.9. The lowest BCUT2D eigenvalue weighted by molar-refractivity contribution is -0.132. The molecule has 5 rings (SSSR count). The van der Waals surface area contributed by atoms with Crippen LogP contribution in [0.3, 0.4) is 0 Å². The van der Waals surface area contributed by atoms with Gasteiger partial charge in [0.1, 0.15) is 5.75 Å². The molecule has 1 aliphatic carbocycles. The van der Waals surface area contributed by atoms with Crippen LogP contribution in [0, 0.1) is 0 Å². The zero-order chi connectivity index (χ0) is 24.5. The van der Waals surface area contributed by atoms with Gasteiger partial charge in [-0.1, -0.05) is 6.92 Å². The number of imidazole rings is 1. The third-order valence-corrected chi connectivity index (χ3v) is 6.89. The number of amides is 2. The molecule has 10 nitrogen and oxygen atoms in total. The summed E-state index contributed by atoms with van der Waals surface area (Å²) in [6.45, 7) is 1.90. The fourth-order valence-corrected chi connectivity index (χ4v) is 4.87. The first-order chi connectivity index (χ1) is 17.0. The highest BCUT2D eigenvalue weighted by molar-refractivity contribution is 6.08. The fourth-order valence-electron chi connectivity index (χ4n) is 4.87. The average Bonchev–Trinajstić information content (AvgIpc) is 3.50. The van der Waals surface area contributed by atoms with Gasteiger partial charge in [0, 0.05) is 43.4 Å². The van der Waals surface area contributed by atoms with E-state index in [2.05, 4.69) is 15.4 Å². The van der Waals surface area contributed by atoms with Crippen molar-refractivity contribution in [3.05, 3.63) is 48.4 Å². The van der Waals surface area contributed by atoms with Gasteiger partial charge in [-0.25, -0.2) is 4.98 Å². The van der Waals surface area contributed by atoms with Gasteiger partial charge < -0.3 is 15.0 Å². The van der Waals surface area contributed by atoms with Crippen LogP contribution >= 0.6 is 0 Å². The van der Waals surface area contributed by atoms with Gasteiger partial charge in [-0.15, -0.1) is 0 Å². The molecule has 35 heavy (non-hydrogen) atoms. The summed E-state index contributed by atoms with van der Waals surface area (Å²) in [6, 6.07) is 7.76. The van der Waals surface area contributed by atoms with Gasteiger partial charge in [0.25, 0.3) is 5.91 Å².